The van der Waals surface area contributed by atoms with Gasteiger partial charge in [-0.05, 0) is 0 Å². The third-order valence-corrected chi connectivity index (χ3v) is 10.3. The van der Waals surface area contributed by atoms with Crippen LogP contribution < -0.4 is 24.8 Å². The van der Waals surface area contributed by atoms with Crippen LogP contribution in [0, 0.1) is 6.92 Å². The first-order valence-electron chi connectivity index (χ1n) is 9.92. The van der Waals surface area contributed by atoms with Gasteiger partial charge in [-0.2, -0.15) is 23.6 Å². The van der Waals surface area contributed by atoms with Crippen LogP contribution >= 0.6 is 0 Å². The molecule has 0 atom stereocenters. The minimum Gasteiger partial charge on any atom is -1.00 e. The monoisotopic (exact) mass is 518 g/mol. The summed E-state index contributed by atoms with van der Waals surface area (Å²) in [6, 6.07) is 30.6. The van der Waals surface area contributed by atoms with Gasteiger partial charge in [0.05, 0.1) is 0 Å². The Morgan fingerprint density at radius 1 is 0.793 bits per heavy atom. The van der Waals surface area contributed by atoms with Gasteiger partial charge in [-0.15, -0.1) is 70.3 Å². The second-order valence-electron chi connectivity index (χ2n) is 6.92. The summed E-state index contributed by atoms with van der Waals surface area (Å²) in [5.41, 5.74) is 1.55. The standard InChI is InChI=1S/C10H9.C9H7.C6H14Si.2ClH.Zr/c1-8-6-9-4-2-3-5-10(9)7-8;1-2-5-9-7-3-6-8(9)4-1;1-3-5-7-6-4-2;;;/h2-7H,1H3;1-7H;3-6H2,1-2H3;2*1H;/q2*-1;;;;+2/p-2. The molecule has 0 saturated heterocycles. The van der Waals surface area contributed by atoms with Crippen molar-refractivity contribution >= 4 is 27.0 Å². The van der Waals surface area contributed by atoms with E-state index in [4.69, 9.17) is 0 Å². The smallest absolute Gasteiger partial charge is 0.0579 e. The molecule has 0 bridgehead atoms. The Kier molecular flexibility index (Phi) is 15.7. The zero-order chi connectivity index (χ0) is 19.5. The molecule has 0 nitrogen and oxygen atoms in total. The molecular weight excluding hydrogens is 490 g/mol. The van der Waals surface area contributed by atoms with Gasteiger partial charge in [0.15, 0.2) is 0 Å². The SMILES string of the molecule is CCC[Si](=[Zr+2])CCC.Cc1cc2ccccc2[cH-]1.[Cl-].[Cl-].c1ccc2[cH-]ccc2c1. The van der Waals surface area contributed by atoms with Gasteiger partial charge >= 0.3 is 67.5 Å². The van der Waals surface area contributed by atoms with Gasteiger partial charge in [-0.25, -0.2) is 0 Å². The molecule has 29 heavy (non-hydrogen) atoms. The number of halogens is 2. The predicted octanol–water partition coefficient (Wildman–Crippen LogP) is 1.78. The molecule has 0 aliphatic heterocycles. The molecule has 0 N–H and O–H groups in total. The molecule has 4 rings (SSSR count). The van der Waals surface area contributed by atoms with E-state index in [2.05, 4.69) is 99.6 Å². The number of benzene rings is 2. The van der Waals surface area contributed by atoms with Gasteiger partial charge < -0.3 is 24.8 Å². The van der Waals surface area contributed by atoms with Gasteiger partial charge in [-0.3, -0.25) is 0 Å². The van der Waals surface area contributed by atoms with Crippen LogP contribution in [0.25, 0.3) is 21.5 Å². The fourth-order valence-corrected chi connectivity index (χ4v) is 8.25. The molecule has 0 heterocycles. The van der Waals surface area contributed by atoms with Crippen LogP contribution in [0.3, 0.4) is 0 Å². The van der Waals surface area contributed by atoms with Crippen LogP contribution in [0.5, 0.6) is 0 Å². The number of aryl methyl sites for hydroxylation is 1. The molecule has 0 amide bonds. The third-order valence-electron chi connectivity index (χ3n) is 4.41. The quantitative estimate of drug-likeness (QED) is 0.284. The molecule has 0 saturated carbocycles. The van der Waals surface area contributed by atoms with Gasteiger partial charge in [0.1, 0.15) is 0 Å². The minimum atomic E-state index is 0. The maximum absolute atomic E-state index is 2.30. The zero-order valence-electron chi connectivity index (χ0n) is 17.6. The summed E-state index contributed by atoms with van der Waals surface area (Å²) in [4.78, 5) is 0. The summed E-state index contributed by atoms with van der Waals surface area (Å²) < 4.78 is 0. The first kappa shape index (κ1) is 28.3. The average molecular weight is 521 g/mol. The normalized spacial score (nSPS) is 9.41. The van der Waals surface area contributed by atoms with Crippen LogP contribution in [0.4, 0.5) is 0 Å². The first-order chi connectivity index (χ1) is 13.1. The first-order valence-corrected chi connectivity index (χ1v) is 15.5. The molecule has 0 fully saturated rings. The van der Waals surface area contributed by atoms with E-state index in [1.165, 1.54) is 39.9 Å². The van der Waals surface area contributed by atoms with Crippen molar-refractivity contribution in [3.05, 3.63) is 84.4 Å². The van der Waals surface area contributed by atoms with Crippen molar-refractivity contribution in [2.24, 2.45) is 0 Å². The van der Waals surface area contributed by atoms with E-state index >= 15 is 0 Å². The summed E-state index contributed by atoms with van der Waals surface area (Å²) in [5, 5.41) is 5.36. The van der Waals surface area contributed by atoms with E-state index in [9.17, 15) is 0 Å². The Labute approximate surface area is 204 Å². The van der Waals surface area contributed by atoms with Crippen LogP contribution in [-0.2, 0) is 23.3 Å². The second kappa shape index (κ2) is 16.1. The molecule has 154 valence electrons. The fraction of sp³-hybridized carbons (Fsp3) is 0.280. The Morgan fingerprint density at radius 3 is 1.90 bits per heavy atom. The van der Waals surface area contributed by atoms with Crippen LogP contribution in [0.2, 0.25) is 12.1 Å². The largest absolute Gasteiger partial charge is 1.00 e. The van der Waals surface area contributed by atoms with E-state index < -0.39 is 0 Å². The Morgan fingerprint density at radius 2 is 1.34 bits per heavy atom. The van der Waals surface area contributed by atoms with Crippen molar-refractivity contribution in [1.82, 2.24) is 0 Å². The molecule has 0 radical (unpaired) electrons. The molecule has 0 aliphatic carbocycles. The van der Waals surface area contributed by atoms with E-state index in [1.807, 2.05) is 23.3 Å². The van der Waals surface area contributed by atoms with Crippen molar-refractivity contribution < 1.29 is 48.1 Å². The molecule has 4 heteroatoms. The van der Waals surface area contributed by atoms with Crippen LogP contribution in [-0.4, -0.2) is 5.43 Å². The van der Waals surface area contributed by atoms with Crippen molar-refractivity contribution in [3.8, 4) is 0 Å². The average Bonchev–Trinajstić information content (AvgIpc) is 3.28. The van der Waals surface area contributed by atoms with Gasteiger partial charge in [0.2, 0.25) is 0 Å². The molecule has 4 aromatic rings. The van der Waals surface area contributed by atoms with Crippen LogP contribution in [0.15, 0.2) is 78.9 Å². The van der Waals surface area contributed by atoms with Gasteiger partial charge in [0.25, 0.3) is 0 Å². The Hall–Kier alpha value is -0.660. The zero-order valence-corrected chi connectivity index (χ0v) is 22.6. The third kappa shape index (κ3) is 10.3. The maximum Gasteiger partial charge on any atom is -0.0579 e. The Balaban J connectivity index is 0.000000395. The molecule has 0 unspecified atom stereocenters. The van der Waals surface area contributed by atoms with E-state index in [0.717, 1.165) is 0 Å². The molecule has 0 aromatic heterocycles. The van der Waals surface area contributed by atoms with Crippen molar-refractivity contribution in [2.45, 2.75) is 45.7 Å². The number of fused-ring (bicyclic) bond motifs is 2. The molecule has 0 spiro atoms. The summed E-state index contributed by atoms with van der Waals surface area (Å²) in [6.45, 7) is 6.72. The van der Waals surface area contributed by atoms with E-state index in [-0.39, 0.29) is 30.2 Å². The molecule has 0 aliphatic rings. The maximum atomic E-state index is 2.30. The number of hydrogen-bond donors (Lipinski definition) is 0. The molecular formula is C25H30Cl2SiZr-2. The fourth-order valence-electron chi connectivity index (χ4n) is 3.10. The van der Waals surface area contributed by atoms with Gasteiger partial charge in [-0.1, -0.05) is 19.1 Å². The van der Waals surface area contributed by atoms with E-state index in [1.54, 1.807) is 12.1 Å². The summed E-state index contributed by atoms with van der Waals surface area (Å²) in [7, 11) is 0. The number of hydrogen-bond acceptors (Lipinski definition) is 0. The van der Waals surface area contributed by atoms with Gasteiger partial charge in [0, 0.05) is 0 Å². The minimum absolute atomic E-state index is 0. The second-order valence-corrected chi connectivity index (χ2v) is 14.3. The summed E-state index contributed by atoms with van der Waals surface area (Å²) in [5.74, 6) is 0. The molecule has 4 aromatic carbocycles. The predicted molar refractivity (Wildman–Crippen MR) is 120 cm³/mol. The van der Waals surface area contributed by atoms with Crippen molar-refractivity contribution in [2.75, 3.05) is 0 Å². The summed E-state index contributed by atoms with van der Waals surface area (Å²) >= 11 is 1.84. The van der Waals surface area contributed by atoms with Crippen molar-refractivity contribution in [3.63, 3.8) is 0 Å². The van der Waals surface area contributed by atoms with Crippen LogP contribution in [0.1, 0.15) is 32.3 Å². The summed E-state index contributed by atoms with van der Waals surface area (Å²) in [6.07, 6.45) is 2.83. The Bertz CT molecular complexity index is 884. The van der Waals surface area contributed by atoms with Crippen molar-refractivity contribution in [1.29, 1.82) is 0 Å². The number of rotatable bonds is 4. The van der Waals surface area contributed by atoms with E-state index in [0.29, 0.717) is 0 Å². The topological polar surface area (TPSA) is 0 Å².